The van der Waals surface area contributed by atoms with E-state index in [4.69, 9.17) is 0 Å². The highest BCUT2D eigenvalue weighted by Crippen LogP contribution is 2.25. The molecule has 14 heavy (non-hydrogen) atoms. The molecule has 1 aliphatic carbocycles. The van der Waals surface area contributed by atoms with Crippen LogP contribution in [0.5, 0.6) is 0 Å². The summed E-state index contributed by atoms with van der Waals surface area (Å²) in [6.07, 6.45) is 4.01. The van der Waals surface area contributed by atoms with Crippen LogP contribution in [0.15, 0.2) is 0 Å². The molecule has 0 amide bonds. The van der Waals surface area contributed by atoms with Gasteiger partial charge in [-0.15, -0.1) is 0 Å². The van der Waals surface area contributed by atoms with Crippen LogP contribution in [0.2, 0.25) is 0 Å². The SMILES string of the molecule is CCC(C)N(C)CCNC1CC(C)C1. The zero-order valence-electron chi connectivity index (χ0n) is 10.2. The van der Waals surface area contributed by atoms with Crippen molar-refractivity contribution in [1.29, 1.82) is 0 Å². The molecule has 0 radical (unpaired) electrons. The maximum atomic E-state index is 3.62. The highest BCUT2D eigenvalue weighted by atomic mass is 15.1. The fourth-order valence-corrected chi connectivity index (χ4v) is 2.05. The van der Waals surface area contributed by atoms with Crippen molar-refractivity contribution >= 4 is 0 Å². The molecule has 0 aromatic heterocycles. The first-order chi connectivity index (χ1) is 6.63. The molecule has 0 aromatic carbocycles. The van der Waals surface area contributed by atoms with Crippen LogP contribution in [0.1, 0.15) is 40.0 Å². The normalized spacial score (nSPS) is 28.9. The molecule has 0 saturated heterocycles. The van der Waals surface area contributed by atoms with Crippen molar-refractivity contribution in [3.05, 3.63) is 0 Å². The number of hydrogen-bond acceptors (Lipinski definition) is 2. The van der Waals surface area contributed by atoms with Crippen LogP contribution in [0, 0.1) is 5.92 Å². The number of likely N-dealkylation sites (N-methyl/N-ethyl adjacent to an activating group) is 1. The van der Waals surface area contributed by atoms with Gasteiger partial charge in [0.2, 0.25) is 0 Å². The third-order valence-corrected chi connectivity index (χ3v) is 3.61. The molecule has 1 rings (SSSR count). The van der Waals surface area contributed by atoms with Crippen molar-refractivity contribution < 1.29 is 0 Å². The van der Waals surface area contributed by atoms with Crippen LogP contribution in [-0.4, -0.2) is 37.1 Å². The molecule has 0 spiro atoms. The third kappa shape index (κ3) is 3.58. The van der Waals surface area contributed by atoms with Crippen LogP contribution in [0.4, 0.5) is 0 Å². The summed E-state index contributed by atoms with van der Waals surface area (Å²) < 4.78 is 0. The molecule has 2 heteroatoms. The van der Waals surface area contributed by atoms with E-state index >= 15 is 0 Å². The van der Waals surface area contributed by atoms with Gasteiger partial charge in [-0.2, -0.15) is 0 Å². The molecule has 1 saturated carbocycles. The van der Waals surface area contributed by atoms with E-state index in [-0.39, 0.29) is 0 Å². The van der Waals surface area contributed by atoms with Gasteiger partial charge >= 0.3 is 0 Å². The first-order valence-electron chi connectivity index (χ1n) is 6.07. The first kappa shape index (κ1) is 12.0. The Bertz CT molecular complexity index is 152. The Labute approximate surface area is 89.1 Å². The monoisotopic (exact) mass is 198 g/mol. The second-order valence-corrected chi connectivity index (χ2v) is 4.97. The highest BCUT2D eigenvalue weighted by Gasteiger charge is 2.24. The Balaban J connectivity index is 1.98. The van der Waals surface area contributed by atoms with E-state index in [1.807, 2.05) is 0 Å². The van der Waals surface area contributed by atoms with E-state index in [0.717, 1.165) is 24.5 Å². The average Bonchev–Trinajstić information content (AvgIpc) is 2.13. The predicted molar refractivity (Wildman–Crippen MR) is 62.6 cm³/mol. The standard InChI is InChI=1S/C12H26N2/c1-5-11(3)14(4)7-6-13-12-8-10(2)9-12/h10-13H,5-9H2,1-4H3. The molecule has 1 aliphatic rings. The fourth-order valence-electron chi connectivity index (χ4n) is 2.05. The summed E-state index contributed by atoms with van der Waals surface area (Å²) in [5, 5.41) is 3.62. The second-order valence-electron chi connectivity index (χ2n) is 4.97. The van der Waals surface area contributed by atoms with E-state index in [9.17, 15) is 0 Å². The first-order valence-corrected chi connectivity index (χ1v) is 6.07. The quantitative estimate of drug-likeness (QED) is 0.703. The van der Waals surface area contributed by atoms with Gasteiger partial charge in [0.25, 0.3) is 0 Å². The van der Waals surface area contributed by atoms with Crippen LogP contribution < -0.4 is 5.32 Å². The van der Waals surface area contributed by atoms with E-state index in [1.165, 1.54) is 25.8 Å². The number of nitrogens with zero attached hydrogens (tertiary/aromatic N) is 1. The van der Waals surface area contributed by atoms with E-state index in [2.05, 4.69) is 38.0 Å². The zero-order chi connectivity index (χ0) is 10.6. The van der Waals surface area contributed by atoms with Crippen LogP contribution in [-0.2, 0) is 0 Å². The molecule has 1 N–H and O–H groups in total. The van der Waals surface area contributed by atoms with Crippen molar-refractivity contribution in [3.63, 3.8) is 0 Å². The summed E-state index contributed by atoms with van der Waals surface area (Å²) >= 11 is 0. The lowest BCUT2D eigenvalue weighted by Gasteiger charge is -2.34. The lowest BCUT2D eigenvalue weighted by atomic mass is 9.82. The van der Waals surface area contributed by atoms with Gasteiger partial charge in [0.1, 0.15) is 0 Å². The number of nitrogens with one attached hydrogen (secondary N) is 1. The van der Waals surface area contributed by atoms with Gasteiger partial charge in [-0.05, 0) is 39.2 Å². The third-order valence-electron chi connectivity index (χ3n) is 3.61. The zero-order valence-corrected chi connectivity index (χ0v) is 10.2. The summed E-state index contributed by atoms with van der Waals surface area (Å²) in [5.41, 5.74) is 0. The van der Waals surface area contributed by atoms with Crippen molar-refractivity contribution in [2.45, 2.75) is 52.1 Å². The van der Waals surface area contributed by atoms with Gasteiger partial charge < -0.3 is 10.2 Å². The minimum absolute atomic E-state index is 0.720. The Morgan fingerprint density at radius 2 is 2.07 bits per heavy atom. The Morgan fingerprint density at radius 1 is 1.43 bits per heavy atom. The smallest absolute Gasteiger partial charge is 0.0107 e. The maximum absolute atomic E-state index is 3.62. The summed E-state index contributed by atoms with van der Waals surface area (Å²) in [5.74, 6) is 0.958. The van der Waals surface area contributed by atoms with Gasteiger partial charge in [0.15, 0.2) is 0 Å². The predicted octanol–water partition coefficient (Wildman–Crippen LogP) is 2.10. The van der Waals surface area contributed by atoms with Gasteiger partial charge in [-0.1, -0.05) is 13.8 Å². The van der Waals surface area contributed by atoms with Gasteiger partial charge in [-0.25, -0.2) is 0 Å². The largest absolute Gasteiger partial charge is 0.313 e. The molecule has 0 aromatic rings. The van der Waals surface area contributed by atoms with Gasteiger partial charge in [0, 0.05) is 25.2 Å². The fraction of sp³-hybridized carbons (Fsp3) is 1.00. The second kappa shape index (κ2) is 5.72. The molecule has 0 heterocycles. The molecule has 2 nitrogen and oxygen atoms in total. The molecule has 84 valence electrons. The molecular formula is C12H26N2. The minimum Gasteiger partial charge on any atom is -0.313 e. The molecule has 1 fully saturated rings. The van der Waals surface area contributed by atoms with Crippen molar-refractivity contribution in [3.8, 4) is 0 Å². The van der Waals surface area contributed by atoms with Crippen molar-refractivity contribution in [2.75, 3.05) is 20.1 Å². The molecular weight excluding hydrogens is 172 g/mol. The molecule has 1 atom stereocenters. The van der Waals surface area contributed by atoms with Crippen molar-refractivity contribution in [2.24, 2.45) is 5.92 Å². The van der Waals surface area contributed by atoms with Crippen LogP contribution >= 0.6 is 0 Å². The number of hydrogen-bond donors (Lipinski definition) is 1. The Kier molecular flexibility index (Phi) is 4.90. The molecule has 0 bridgehead atoms. The topological polar surface area (TPSA) is 15.3 Å². The summed E-state index contributed by atoms with van der Waals surface area (Å²) in [7, 11) is 2.22. The lowest BCUT2D eigenvalue weighted by Crippen LogP contribution is -2.44. The summed E-state index contributed by atoms with van der Waals surface area (Å²) in [4.78, 5) is 2.44. The Hall–Kier alpha value is -0.0800. The van der Waals surface area contributed by atoms with Gasteiger partial charge in [0.05, 0.1) is 0 Å². The minimum atomic E-state index is 0.720. The van der Waals surface area contributed by atoms with Crippen LogP contribution in [0.3, 0.4) is 0 Å². The summed E-state index contributed by atoms with van der Waals surface area (Å²) in [6, 6.07) is 1.53. The average molecular weight is 198 g/mol. The molecule has 0 aliphatic heterocycles. The maximum Gasteiger partial charge on any atom is 0.0107 e. The highest BCUT2D eigenvalue weighted by molar-refractivity contribution is 4.82. The van der Waals surface area contributed by atoms with E-state index in [0.29, 0.717) is 0 Å². The number of rotatable bonds is 6. The lowest BCUT2D eigenvalue weighted by molar-refractivity contribution is 0.212. The Morgan fingerprint density at radius 3 is 2.57 bits per heavy atom. The van der Waals surface area contributed by atoms with Crippen LogP contribution in [0.25, 0.3) is 0 Å². The van der Waals surface area contributed by atoms with Crippen molar-refractivity contribution in [1.82, 2.24) is 10.2 Å². The van der Waals surface area contributed by atoms with E-state index in [1.54, 1.807) is 0 Å². The summed E-state index contributed by atoms with van der Waals surface area (Å²) in [6.45, 7) is 9.22. The van der Waals surface area contributed by atoms with Gasteiger partial charge in [-0.3, -0.25) is 0 Å². The molecule has 1 unspecified atom stereocenters. The van der Waals surface area contributed by atoms with E-state index < -0.39 is 0 Å².